The van der Waals surface area contributed by atoms with Crippen molar-refractivity contribution in [2.45, 2.75) is 0 Å². The molecule has 2 heteroatoms. The second kappa shape index (κ2) is 0.826. The Balaban J connectivity index is 2.61. The molecule has 0 fully saturated rings. The predicted octanol–water partition coefficient (Wildman–Crippen LogP) is -0.108. The zero-order chi connectivity index (χ0) is 3.54. The van der Waals surface area contributed by atoms with Gasteiger partial charge in [0.25, 0.3) is 0 Å². The first-order chi connectivity index (χ1) is 2.50. The molecule has 0 aromatic carbocycles. The molecule has 24 valence electrons. The van der Waals surface area contributed by atoms with E-state index in [1.54, 1.807) is 12.5 Å². The lowest BCUT2D eigenvalue weighted by Crippen LogP contribution is -1.92. The highest BCUT2D eigenvalue weighted by Crippen LogP contribution is 1.69. The van der Waals surface area contributed by atoms with Crippen LogP contribution in [0.25, 0.3) is 0 Å². The van der Waals surface area contributed by atoms with Crippen LogP contribution in [0, 0.1) is 6.20 Å². The van der Waals surface area contributed by atoms with Crippen LogP contribution in [-0.2, 0) is 0 Å². The van der Waals surface area contributed by atoms with Crippen molar-refractivity contribution in [2.75, 3.05) is 0 Å². The first-order valence-electron chi connectivity index (χ1n) is 1.35. The summed E-state index contributed by atoms with van der Waals surface area (Å²) in [6, 6.07) is 0. The molecule has 1 heterocycles. The van der Waals surface area contributed by atoms with Crippen LogP contribution in [0.3, 0.4) is 0 Å². The van der Waals surface area contributed by atoms with E-state index >= 15 is 0 Å². The summed E-state index contributed by atoms with van der Waals surface area (Å²) in [7, 11) is 0. The third-order valence-electron chi connectivity index (χ3n) is 0.362. The van der Waals surface area contributed by atoms with Crippen molar-refractivity contribution in [3.8, 4) is 0 Å². The SMILES string of the molecule is [C+]1=CNC=N1. The lowest BCUT2D eigenvalue weighted by molar-refractivity contribution is 1.37. The second-order valence-electron chi connectivity index (χ2n) is 0.698. The van der Waals surface area contributed by atoms with Gasteiger partial charge in [0.05, 0.1) is 0 Å². The fourth-order valence-electron chi connectivity index (χ4n) is 0.186. The van der Waals surface area contributed by atoms with Crippen molar-refractivity contribution in [2.24, 2.45) is 4.99 Å². The van der Waals surface area contributed by atoms with Gasteiger partial charge in [0, 0.05) is 4.99 Å². The van der Waals surface area contributed by atoms with E-state index in [2.05, 4.69) is 16.5 Å². The van der Waals surface area contributed by atoms with E-state index in [1.807, 2.05) is 0 Å². The molecular weight excluding hydrogens is 64.0 g/mol. The highest BCUT2D eigenvalue weighted by atomic mass is 15.0. The molecule has 0 amide bonds. The average Bonchev–Trinajstić information content (AvgIpc) is 1.76. The highest BCUT2D eigenvalue weighted by Gasteiger charge is 1.86. The molecule has 0 aromatic rings. The molecule has 0 spiro atoms. The molecule has 0 bridgehead atoms. The van der Waals surface area contributed by atoms with Crippen molar-refractivity contribution in [1.29, 1.82) is 0 Å². The molecule has 0 aromatic heterocycles. The fourth-order valence-corrected chi connectivity index (χ4v) is 0.186. The predicted molar refractivity (Wildman–Crippen MR) is 19.4 cm³/mol. The minimum absolute atomic E-state index is 1.57. The topological polar surface area (TPSA) is 24.4 Å². The summed E-state index contributed by atoms with van der Waals surface area (Å²) in [6.07, 6.45) is 5.76. The van der Waals surface area contributed by atoms with Gasteiger partial charge in [0.1, 0.15) is 0 Å². The monoisotopic (exact) mass is 67.0 g/mol. The Morgan fingerprint density at radius 1 is 1.80 bits per heavy atom. The summed E-state index contributed by atoms with van der Waals surface area (Å²) in [5.74, 6) is 0. The molecule has 1 aliphatic rings. The Morgan fingerprint density at radius 2 is 2.80 bits per heavy atom. The average molecular weight is 67.1 g/mol. The highest BCUT2D eigenvalue weighted by molar-refractivity contribution is 5.58. The molecule has 5 heavy (non-hydrogen) atoms. The van der Waals surface area contributed by atoms with Crippen molar-refractivity contribution in [1.82, 2.24) is 5.32 Å². The summed E-state index contributed by atoms with van der Waals surface area (Å²) in [4.78, 5) is 3.54. The summed E-state index contributed by atoms with van der Waals surface area (Å²) >= 11 is 0. The molecule has 1 aliphatic heterocycles. The van der Waals surface area contributed by atoms with Gasteiger partial charge in [-0.05, 0) is 0 Å². The minimum atomic E-state index is 1.57. The summed E-state index contributed by atoms with van der Waals surface area (Å²) in [5.41, 5.74) is 0. The Kier molecular flexibility index (Phi) is 0.390. The number of nitrogens with zero attached hydrogens (tertiary/aromatic N) is 1. The third kappa shape index (κ3) is 0.231. The van der Waals surface area contributed by atoms with Crippen LogP contribution in [0.5, 0.6) is 0 Å². The third-order valence-corrected chi connectivity index (χ3v) is 0.362. The number of rotatable bonds is 0. The van der Waals surface area contributed by atoms with Crippen LogP contribution in [0.1, 0.15) is 0 Å². The van der Waals surface area contributed by atoms with Gasteiger partial charge in [-0.3, -0.25) is 0 Å². The van der Waals surface area contributed by atoms with E-state index in [0.29, 0.717) is 0 Å². The van der Waals surface area contributed by atoms with Crippen molar-refractivity contribution < 1.29 is 0 Å². The summed E-state index contributed by atoms with van der Waals surface area (Å²) in [6.45, 7) is 0. The minimum Gasteiger partial charge on any atom is -0.246 e. The van der Waals surface area contributed by atoms with Crippen LogP contribution in [0.4, 0.5) is 0 Å². The Bertz CT molecular complexity index is 63.0. The van der Waals surface area contributed by atoms with E-state index in [4.69, 9.17) is 0 Å². The quantitative estimate of drug-likeness (QED) is 0.393. The van der Waals surface area contributed by atoms with Crippen LogP contribution in [-0.4, -0.2) is 6.34 Å². The molecular formula is C3H3N2+. The van der Waals surface area contributed by atoms with Crippen LogP contribution >= 0.6 is 0 Å². The van der Waals surface area contributed by atoms with Gasteiger partial charge in [0.2, 0.25) is 12.5 Å². The lowest BCUT2D eigenvalue weighted by atomic mass is 11.0. The molecule has 1 rings (SSSR count). The van der Waals surface area contributed by atoms with Gasteiger partial charge >= 0.3 is 0 Å². The second-order valence-corrected chi connectivity index (χ2v) is 0.698. The van der Waals surface area contributed by atoms with Crippen molar-refractivity contribution in [3.05, 3.63) is 12.4 Å². The van der Waals surface area contributed by atoms with Gasteiger partial charge in [-0.25, -0.2) is 5.32 Å². The van der Waals surface area contributed by atoms with Crippen molar-refractivity contribution in [3.63, 3.8) is 0 Å². The smallest absolute Gasteiger partial charge is 0.243 e. The molecule has 0 saturated carbocycles. The van der Waals surface area contributed by atoms with E-state index in [1.165, 1.54) is 0 Å². The maximum Gasteiger partial charge on any atom is 0.243 e. The standard InChI is InChI=1S/C3H3N2/c1-2-5-3-4-1/h1,3H,(H,4,5)/q+1. The first-order valence-corrected chi connectivity index (χ1v) is 1.35. The number of hydrogen-bond donors (Lipinski definition) is 1. The number of aliphatic imine (C=N–C) groups is 1. The maximum atomic E-state index is 3.54. The van der Waals surface area contributed by atoms with Crippen LogP contribution in [0.15, 0.2) is 11.2 Å². The van der Waals surface area contributed by atoms with Gasteiger partial charge in [-0.2, -0.15) is 0 Å². The Morgan fingerprint density at radius 3 is 3.00 bits per heavy atom. The van der Waals surface area contributed by atoms with Gasteiger partial charge < -0.3 is 0 Å². The van der Waals surface area contributed by atoms with E-state index in [9.17, 15) is 0 Å². The molecule has 0 radical (unpaired) electrons. The number of hydrogen-bond acceptors (Lipinski definition) is 2. The molecule has 2 nitrogen and oxygen atoms in total. The zero-order valence-electron chi connectivity index (χ0n) is 2.60. The largest absolute Gasteiger partial charge is 0.246 e. The van der Waals surface area contributed by atoms with Gasteiger partial charge in [0.15, 0.2) is 6.20 Å². The van der Waals surface area contributed by atoms with E-state index < -0.39 is 0 Å². The fraction of sp³-hybridized carbons (Fsp3) is 0. The van der Waals surface area contributed by atoms with Gasteiger partial charge in [-0.15, -0.1) is 0 Å². The van der Waals surface area contributed by atoms with Gasteiger partial charge in [-0.1, -0.05) is 0 Å². The van der Waals surface area contributed by atoms with Crippen LogP contribution < -0.4 is 5.32 Å². The van der Waals surface area contributed by atoms with Crippen LogP contribution in [0.2, 0.25) is 0 Å². The first kappa shape index (κ1) is 2.36. The summed E-state index contributed by atoms with van der Waals surface area (Å²) < 4.78 is 0. The Hall–Kier alpha value is -0.880. The zero-order valence-corrected chi connectivity index (χ0v) is 2.60. The maximum absolute atomic E-state index is 3.54. The Labute approximate surface area is 30.2 Å². The molecule has 1 N–H and O–H groups in total. The molecule has 0 atom stereocenters. The van der Waals surface area contributed by atoms with E-state index in [0.717, 1.165) is 0 Å². The number of nitrogens with one attached hydrogen (secondary N) is 1. The molecule has 0 unspecified atom stereocenters. The van der Waals surface area contributed by atoms with Crippen molar-refractivity contribution >= 4 is 6.34 Å². The normalized spacial score (nSPS) is 14.4. The lowest BCUT2D eigenvalue weighted by Gasteiger charge is -1.53. The van der Waals surface area contributed by atoms with E-state index in [-0.39, 0.29) is 0 Å². The molecule has 0 saturated heterocycles. The molecule has 0 aliphatic carbocycles. The summed E-state index contributed by atoms with van der Waals surface area (Å²) in [5, 5.41) is 2.69.